The fourth-order valence-electron chi connectivity index (χ4n) is 5.05. The summed E-state index contributed by atoms with van der Waals surface area (Å²) in [6.45, 7) is 8.06. The van der Waals surface area contributed by atoms with Crippen molar-refractivity contribution in [3.63, 3.8) is 0 Å². The zero-order valence-corrected chi connectivity index (χ0v) is 22.1. The number of aryl methyl sites for hydroxylation is 2. The number of aromatic nitrogens is 1. The van der Waals surface area contributed by atoms with Crippen LogP contribution in [0.5, 0.6) is 0 Å². The standard InChI is InChI=1S/C31H30ClN3O2/c1-21-8-4-6-10-26(21)30(36)33-16-18-34(19-17-33)31(37)27-20-29(24-12-14-25(32)15-13-24)35(23(27)3)28-11-7-5-9-22(28)2/h4-15,20H,16-19H2,1-3H3. The van der Waals surface area contributed by atoms with Gasteiger partial charge in [0.1, 0.15) is 0 Å². The topological polar surface area (TPSA) is 45.6 Å². The number of benzene rings is 3. The van der Waals surface area contributed by atoms with Crippen LogP contribution in [0.15, 0.2) is 78.9 Å². The summed E-state index contributed by atoms with van der Waals surface area (Å²) in [5, 5.41) is 0.670. The van der Waals surface area contributed by atoms with E-state index in [4.69, 9.17) is 11.6 Å². The molecule has 0 bridgehead atoms. The number of nitrogens with zero attached hydrogens (tertiary/aromatic N) is 3. The highest BCUT2D eigenvalue weighted by molar-refractivity contribution is 6.30. The van der Waals surface area contributed by atoms with E-state index in [0.29, 0.717) is 36.8 Å². The first kappa shape index (κ1) is 24.8. The van der Waals surface area contributed by atoms with Gasteiger partial charge in [0.2, 0.25) is 0 Å². The molecule has 3 aromatic carbocycles. The molecule has 1 fully saturated rings. The normalized spacial score (nSPS) is 13.6. The molecule has 1 aliphatic heterocycles. The Kier molecular flexibility index (Phi) is 6.90. The Morgan fingerprint density at radius 2 is 1.22 bits per heavy atom. The number of carbonyl (C=O) groups excluding carboxylic acids is 2. The van der Waals surface area contributed by atoms with Gasteiger partial charge in [0.25, 0.3) is 11.8 Å². The van der Waals surface area contributed by atoms with Crippen LogP contribution in [0.4, 0.5) is 0 Å². The Hall–Kier alpha value is -3.83. The molecule has 188 valence electrons. The largest absolute Gasteiger partial charge is 0.335 e. The quantitative estimate of drug-likeness (QED) is 0.322. The molecule has 6 heteroatoms. The lowest BCUT2D eigenvalue weighted by atomic mass is 10.1. The number of para-hydroxylation sites is 1. The molecule has 2 amide bonds. The predicted molar refractivity (Wildman–Crippen MR) is 149 cm³/mol. The van der Waals surface area contributed by atoms with Gasteiger partial charge in [-0.2, -0.15) is 0 Å². The highest BCUT2D eigenvalue weighted by Gasteiger charge is 2.29. The average molecular weight is 512 g/mol. The number of piperazine rings is 1. The van der Waals surface area contributed by atoms with E-state index in [9.17, 15) is 9.59 Å². The molecule has 0 N–H and O–H groups in total. The van der Waals surface area contributed by atoms with Crippen molar-refractivity contribution in [2.75, 3.05) is 26.2 Å². The average Bonchev–Trinajstić information content (AvgIpc) is 3.25. The summed E-state index contributed by atoms with van der Waals surface area (Å²) in [6.07, 6.45) is 0. The predicted octanol–water partition coefficient (Wildman–Crippen LogP) is 6.32. The van der Waals surface area contributed by atoms with Gasteiger partial charge in [-0.15, -0.1) is 0 Å². The SMILES string of the molecule is Cc1ccccc1C(=O)N1CCN(C(=O)c2cc(-c3ccc(Cl)cc3)n(-c3ccccc3C)c2C)CC1. The minimum Gasteiger partial charge on any atom is -0.335 e. The van der Waals surface area contributed by atoms with Crippen molar-refractivity contribution >= 4 is 23.4 Å². The summed E-state index contributed by atoms with van der Waals surface area (Å²) in [4.78, 5) is 30.5. The highest BCUT2D eigenvalue weighted by Crippen LogP contribution is 2.32. The highest BCUT2D eigenvalue weighted by atomic mass is 35.5. The van der Waals surface area contributed by atoms with Gasteiger partial charge >= 0.3 is 0 Å². The second kappa shape index (κ2) is 10.3. The summed E-state index contributed by atoms with van der Waals surface area (Å²) in [6, 6.07) is 25.5. The third-order valence-electron chi connectivity index (χ3n) is 7.20. The lowest BCUT2D eigenvalue weighted by Gasteiger charge is -2.35. The third-order valence-corrected chi connectivity index (χ3v) is 7.46. The maximum Gasteiger partial charge on any atom is 0.255 e. The van der Waals surface area contributed by atoms with E-state index in [1.807, 2.05) is 90.4 Å². The minimum atomic E-state index is -0.0111. The van der Waals surface area contributed by atoms with Crippen LogP contribution in [0.3, 0.4) is 0 Å². The number of rotatable bonds is 4. The summed E-state index contributed by atoms with van der Waals surface area (Å²) in [7, 11) is 0. The van der Waals surface area contributed by atoms with Gasteiger partial charge in [-0.3, -0.25) is 9.59 Å². The van der Waals surface area contributed by atoms with E-state index in [2.05, 4.69) is 23.6 Å². The molecule has 1 aliphatic rings. The van der Waals surface area contributed by atoms with Crippen molar-refractivity contribution in [2.45, 2.75) is 20.8 Å². The van der Waals surface area contributed by atoms with Gasteiger partial charge in [0.05, 0.1) is 11.3 Å². The lowest BCUT2D eigenvalue weighted by Crippen LogP contribution is -2.50. The molecule has 5 rings (SSSR count). The van der Waals surface area contributed by atoms with E-state index in [1.165, 1.54) is 0 Å². The van der Waals surface area contributed by atoms with Gasteiger partial charge in [-0.25, -0.2) is 0 Å². The maximum absolute atomic E-state index is 13.8. The van der Waals surface area contributed by atoms with Crippen LogP contribution < -0.4 is 0 Å². The lowest BCUT2D eigenvalue weighted by molar-refractivity contribution is 0.0534. The van der Waals surface area contributed by atoms with E-state index in [0.717, 1.165) is 39.3 Å². The molecule has 0 aliphatic carbocycles. The first-order chi connectivity index (χ1) is 17.8. The summed E-state index contributed by atoms with van der Waals surface area (Å²) < 4.78 is 2.16. The first-order valence-corrected chi connectivity index (χ1v) is 12.9. The van der Waals surface area contributed by atoms with E-state index in [-0.39, 0.29) is 11.8 Å². The van der Waals surface area contributed by atoms with Crippen LogP contribution in [0.2, 0.25) is 5.02 Å². The Balaban J connectivity index is 1.43. The molecule has 0 radical (unpaired) electrons. The van der Waals surface area contributed by atoms with Crippen LogP contribution in [-0.4, -0.2) is 52.4 Å². The van der Waals surface area contributed by atoms with Crippen molar-refractivity contribution in [1.82, 2.24) is 14.4 Å². The number of halogens is 1. The van der Waals surface area contributed by atoms with Crippen molar-refractivity contribution in [3.8, 4) is 16.9 Å². The fraction of sp³-hybridized carbons (Fsp3) is 0.226. The van der Waals surface area contributed by atoms with Crippen LogP contribution in [0, 0.1) is 20.8 Å². The molecule has 1 saturated heterocycles. The zero-order chi connectivity index (χ0) is 26.1. The van der Waals surface area contributed by atoms with Gasteiger partial charge in [-0.1, -0.05) is 60.1 Å². The fourth-order valence-corrected chi connectivity index (χ4v) is 5.17. The molecule has 5 nitrogen and oxygen atoms in total. The van der Waals surface area contributed by atoms with Crippen molar-refractivity contribution in [3.05, 3.63) is 112 Å². The molecule has 0 saturated carbocycles. The molecule has 2 heterocycles. The van der Waals surface area contributed by atoms with E-state index in [1.54, 1.807) is 0 Å². The Labute approximate surface area is 222 Å². The van der Waals surface area contributed by atoms with Gasteiger partial charge in [-0.05, 0) is 67.8 Å². The van der Waals surface area contributed by atoms with Crippen LogP contribution in [0.25, 0.3) is 16.9 Å². The Morgan fingerprint density at radius 1 is 0.676 bits per heavy atom. The number of carbonyl (C=O) groups is 2. The van der Waals surface area contributed by atoms with E-state index < -0.39 is 0 Å². The van der Waals surface area contributed by atoms with Crippen LogP contribution in [0.1, 0.15) is 37.5 Å². The van der Waals surface area contributed by atoms with Gasteiger partial charge in [0, 0.05) is 48.1 Å². The second-order valence-electron chi connectivity index (χ2n) is 9.56. The molecule has 0 spiro atoms. The number of hydrogen-bond donors (Lipinski definition) is 0. The third kappa shape index (κ3) is 4.79. The summed E-state index contributed by atoms with van der Waals surface area (Å²) in [5.74, 6) is 0.0140. The first-order valence-electron chi connectivity index (χ1n) is 12.5. The Bertz CT molecular complexity index is 1460. The second-order valence-corrected chi connectivity index (χ2v) is 9.99. The monoisotopic (exact) mass is 511 g/mol. The van der Waals surface area contributed by atoms with Crippen molar-refractivity contribution < 1.29 is 9.59 Å². The van der Waals surface area contributed by atoms with Crippen LogP contribution in [-0.2, 0) is 0 Å². The van der Waals surface area contributed by atoms with Crippen molar-refractivity contribution in [2.24, 2.45) is 0 Å². The molecule has 4 aromatic rings. The maximum atomic E-state index is 13.8. The number of amides is 2. The van der Waals surface area contributed by atoms with Crippen molar-refractivity contribution in [1.29, 1.82) is 0 Å². The summed E-state index contributed by atoms with van der Waals surface area (Å²) >= 11 is 6.16. The van der Waals surface area contributed by atoms with Gasteiger partial charge in [0.15, 0.2) is 0 Å². The summed E-state index contributed by atoms with van der Waals surface area (Å²) in [5.41, 5.74) is 7.35. The molecule has 0 atom stereocenters. The molecule has 0 unspecified atom stereocenters. The van der Waals surface area contributed by atoms with E-state index >= 15 is 0 Å². The molecular formula is C31H30ClN3O2. The minimum absolute atomic E-state index is 0.0111. The molecular weight excluding hydrogens is 482 g/mol. The van der Waals surface area contributed by atoms with Gasteiger partial charge < -0.3 is 14.4 Å². The zero-order valence-electron chi connectivity index (χ0n) is 21.4. The number of hydrogen-bond acceptors (Lipinski definition) is 2. The van der Waals surface area contributed by atoms with Crippen LogP contribution >= 0.6 is 11.6 Å². The molecule has 37 heavy (non-hydrogen) atoms. The molecule has 1 aromatic heterocycles. The Morgan fingerprint density at radius 3 is 1.81 bits per heavy atom. The smallest absolute Gasteiger partial charge is 0.255 e.